The van der Waals surface area contributed by atoms with Crippen LogP contribution in [0.15, 0.2) is 12.7 Å². The van der Waals surface area contributed by atoms with Crippen LogP contribution >= 0.6 is 0 Å². The number of hydrogen-bond acceptors (Lipinski definition) is 1. The average Bonchev–Trinajstić information content (AvgIpc) is 2.45. The fraction of sp³-hybridized carbons (Fsp3) is 0.846. The molecule has 1 N–H and O–H groups in total. The summed E-state index contributed by atoms with van der Waals surface area (Å²) in [4.78, 5) is 0. The van der Waals surface area contributed by atoms with E-state index in [1.54, 1.807) is 0 Å². The van der Waals surface area contributed by atoms with Gasteiger partial charge in [-0.1, -0.05) is 33.3 Å². The van der Waals surface area contributed by atoms with Gasteiger partial charge in [-0.15, -0.1) is 6.58 Å². The van der Waals surface area contributed by atoms with Gasteiger partial charge in [-0.3, -0.25) is 0 Å². The molecule has 0 bridgehead atoms. The molecule has 0 amide bonds. The van der Waals surface area contributed by atoms with Crippen LogP contribution in [0.1, 0.15) is 46.5 Å². The third kappa shape index (κ3) is 2.60. The lowest BCUT2D eigenvalue weighted by atomic mass is 9.76. The second-order valence-electron chi connectivity index (χ2n) is 5.18. The second-order valence-corrected chi connectivity index (χ2v) is 5.18. The summed E-state index contributed by atoms with van der Waals surface area (Å²) in [6.07, 6.45) is 7.34. The summed E-state index contributed by atoms with van der Waals surface area (Å²) in [5.41, 5.74) is 0.524. The van der Waals surface area contributed by atoms with Crippen molar-refractivity contribution in [2.75, 3.05) is 6.54 Å². The van der Waals surface area contributed by atoms with Gasteiger partial charge in [-0.25, -0.2) is 0 Å². The van der Waals surface area contributed by atoms with Crippen LogP contribution < -0.4 is 5.32 Å². The zero-order valence-corrected chi connectivity index (χ0v) is 9.97. The van der Waals surface area contributed by atoms with Gasteiger partial charge < -0.3 is 5.32 Å². The lowest BCUT2D eigenvalue weighted by molar-refractivity contribution is 0.199. The van der Waals surface area contributed by atoms with E-state index in [-0.39, 0.29) is 0 Å². The van der Waals surface area contributed by atoms with E-state index in [4.69, 9.17) is 0 Å². The Bertz CT molecular complexity index is 184. The first kappa shape index (κ1) is 11.8. The summed E-state index contributed by atoms with van der Waals surface area (Å²) < 4.78 is 0. The molecule has 0 radical (unpaired) electrons. The maximum absolute atomic E-state index is 3.86. The third-order valence-corrected chi connectivity index (χ3v) is 3.71. The van der Waals surface area contributed by atoms with E-state index in [2.05, 4.69) is 38.7 Å². The van der Waals surface area contributed by atoms with Crippen LogP contribution in [-0.2, 0) is 0 Å². The Labute approximate surface area is 89.0 Å². The molecule has 1 fully saturated rings. The van der Waals surface area contributed by atoms with E-state index >= 15 is 0 Å². The van der Waals surface area contributed by atoms with Crippen LogP contribution in [-0.4, -0.2) is 12.6 Å². The van der Waals surface area contributed by atoms with Gasteiger partial charge in [0.25, 0.3) is 0 Å². The monoisotopic (exact) mass is 195 g/mol. The molecule has 2 unspecified atom stereocenters. The highest BCUT2D eigenvalue weighted by Crippen LogP contribution is 2.44. The molecule has 1 nitrogen and oxygen atoms in total. The first-order valence-corrected chi connectivity index (χ1v) is 5.96. The quantitative estimate of drug-likeness (QED) is 0.663. The Morgan fingerprint density at radius 2 is 2.29 bits per heavy atom. The van der Waals surface area contributed by atoms with Crippen molar-refractivity contribution in [2.45, 2.75) is 52.5 Å². The lowest BCUT2D eigenvalue weighted by Gasteiger charge is -2.34. The van der Waals surface area contributed by atoms with Crippen molar-refractivity contribution < 1.29 is 0 Å². The summed E-state index contributed by atoms with van der Waals surface area (Å²) >= 11 is 0. The number of nitrogens with one attached hydrogen (secondary N) is 1. The Kier molecular flexibility index (Phi) is 4.18. The van der Waals surface area contributed by atoms with Crippen molar-refractivity contribution in [1.29, 1.82) is 0 Å². The molecule has 14 heavy (non-hydrogen) atoms. The fourth-order valence-electron chi connectivity index (χ4n) is 2.93. The highest BCUT2D eigenvalue weighted by Gasteiger charge is 2.38. The zero-order chi connectivity index (χ0) is 10.6. The standard InChI is InChI=1S/C13H25N/c1-5-8-12(14-6-2)11-9-7-10-13(11,3)4/h5,11-12,14H,1,6-10H2,2-4H3. The SMILES string of the molecule is C=CCC(NCC)C1CCCC1(C)C. The molecule has 1 rings (SSSR count). The van der Waals surface area contributed by atoms with Gasteiger partial charge >= 0.3 is 0 Å². The van der Waals surface area contributed by atoms with Gasteiger partial charge in [0.2, 0.25) is 0 Å². The van der Waals surface area contributed by atoms with Crippen LogP contribution in [0.3, 0.4) is 0 Å². The number of hydrogen-bond donors (Lipinski definition) is 1. The summed E-state index contributed by atoms with van der Waals surface area (Å²) in [5, 5.41) is 3.61. The number of rotatable bonds is 5. The Balaban J connectivity index is 2.61. The van der Waals surface area contributed by atoms with Gasteiger partial charge in [-0.2, -0.15) is 0 Å². The third-order valence-electron chi connectivity index (χ3n) is 3.71. The molecule has 0 heterocycles. The second kappa shape index (κ2) is 4.97. The summed E-state index contributed by atoms with van der Waals surface area (Å²) in [5.74, 6) is 0.834. The largest absolute Gasteiger partial charge is 0.314 e. The van der Waals surface area contributed by atoms with E-state index < -0.39 is 0 Å². The van der Waals surface area contributed by atoms with Gasteiger partial charge in [0.15, 0.2) is 0 Å². The predicted molar refractivity (Wildman–Crippen MR) is 63.4 cm³/mol. The summed E-state index contributed by atoms with van der Waals surface area (Å²) in [6, 6.07) is 0.648. The summed E-state index contributed by atoms with van der Waals surface area (Å²) in [7, 11) is 0. The molecule has 1 heteroatoms. The van der Waals surface area contributed by atoms with E-state index in [1.165, 1.54) is 19.3 Å². The lowest BCUT2D eigenvalue weighted by Crippen LogP contribution is -2.40. The van der Waals surface area contributed by atoms with Gasteiger partial charge in [0, 0.05) is 6.04 Å². The zero-order valence-electron chi connectivity index (χ0n) is 9.97. The van der Waals surface area contributed by atoms with Crippen LogP contribution in [0.2, 0.25) is 0 Å². The van der Waals surface area contributed by atoms with Crippen molar-refractivity contribution in [3.8, 4) is 0 Å². The van der Waals surface area contributed by atoms with Crippen molar-refractivity contribution in [3.63, 3.8) is 0 Å². The van der Waals surface area contributed by atoms with Crippen molar-refractivity contribution in [3.05, 3.63) is 12.7 Å². The van der Waals surface area contributed by atoms with E-state index in [1.807, 2.05) is 0 Å². The maximum atomic E-state index is 3.86. The molecular weight excluding hydrogens is 170 g/mol. The molecular formula is C13H25N. The highest BCUT2D eigenvalue weighted by atomic mass is 14.9. The minimum atomic E-state index is 0.524. The maximum Gasteiger partial charge on any atom is 0.0135 e. The molecule has 2 atom stereocenters. The van der Waals surface area contributed by atoms with E-state index in [9.17, 15) is 0 Å². The smallest absolute Gasteiger partial charge is 0.0135 e. The van der Waals surface area contributed by atoms with Crippen LogP contribution in [0.25, 0.3) is 0 Å². The van der Waals surface area contributed by atoms with Gasteiger partial charge in [-0.05, 0) is 37.1 Å². The molecule has 0 aliphatic heterocycles. The first-order valence-electron chi connectivity index (χ1n) is 5.96. The fourth-order valence-corrected chi connectivity index (χ4v) is 2.93. The molecule has 0 spiro atoms. The van der Waals surface area contributed by atoms with Crippen LogP contribution in [0, 0.1) is 11.3 Å². The topological polar surface area (TPSA) is 12.0 Å². The van der Waals surface area contributed by atoms with Crippen molar-refractivity contribution in [1.82, 2.24) is 5.32 Å². The average molecular weight is 195 g/mol. The molecule has 0 aromatic rings. The highest BCUT2D eigenvalue weighted by molar-refractivity contribution is 4.94. The minimum Gasteiger partial charge on any atom is -0.314 e. The Morgan fingerprint density at radius 3 is 2.71 bits per heavy atom. The normalized spacial score (nSPS) is 27.5. The van der Waals surface area contributed by atoms with Crippen molar-refractivity contribution >= 4 is 0 Å². The molecule has 1 aliphatic rings. The molecule has 0 saturated heterocycles. The van der Waals surface area contributed by atoms with E-state index in [0.29, 0.717) is 11.5 Å². The molecule has 1 saturated carbocycles. The van der Waals surface area contributed by atoms with Crippen molar-refractivity contribution in [2.24, 2.45) is 11.3 Å². The first-order chi connectivity index (χ1) is 6.61. The van der Waals surface area contributed by atoms with Crippen LogP contribution in [0.5, 0.6) is 0 Å². The minimum absolute atomic E-state index is 0.524. The van der Waals surface area contributed by atoms with E-state index in [0.717, 1.165) is 18.9 Å². The Hall–Kier alpha value is -0.300. The Morgan fingerprint density at radius 1 is 1.57 bits per heavy atom. The molecule has 0 aromatic carbocycles. The van der Waals surface area contributed by atoms with Gasteiger partial charge in [0.1, 0.15) is 0 Å². The predicted octanol–water partition coefficient (Wildman–Crippen LogP) is 3.37. The summed E-state index contributed by atoms with van der Waals surface area (Å²) in [6.45, 7) is 12.0. The van der Waals surface area contributed by atoms with Gasteiger partial charge in [0.05, 0.1) is 0 Å². The molecule has 82 valence electrons. The molecule has 0 aromatic heterocycles. The van der Waals surface area contributed by atoms with Crippen LogP contribution in [0.4, 0.5) is 0 Å². The molecule has 1 aliphatic carbocycles.